The number of amides is 1. The second kappa shape index (κ2) is 13.2. The number of nitrogens with zero attached hydrogens (tertiary/aromatic N) is 6. The lowest BCUT2D eigenvalue weighted by Gasteiger charge is -2.43. The number of pyridine rings is 1. The molecule has 0 saturated carbocycles. The quantitative estimate of drug-likeness (QED) is 0.358. The van der Waals surface area contributed by atoms with Crippen molar-refractivity contribution in [3.63, 3.8) is 0 Å². The van der Waals surface area contributed by atoms with Gasteiger partial charge < -0.3 is 20.1 Å². The van der Waals surface area contributed by atoms with Gasteiger partial charge in [-0.15, -0.1) is 5.10 Å². The van der Waals surface area contributed by atoms with Crippen LogP contribution in [0.5, 0.6) is 0 Å². The molecule has 48 heavy (non-hydrogen) atoms. The Labute approximate surface area is 280 Å². The molecule has 1 aromatic carbocycles. The first kappa shape index (κ1) is 34.6. The van der Waals surface area contributed by atoms with E-state index in [1.165, 1.54) is 16.8 Å². The maximum Gasteiger partial charge on any atom is 0.350 e. The van der Waals surface area contributed by atoms with Gasteiger partial charge in [0.2, 0.25) is 5.91 Å². The van der Waals surface area contributed by atoms with Gasteiger partial charge in [0.15, 0.2) is 5.65 Å². The number of hydrogen-bond donors (Lipinski definition) is 2. The van der Waals surface area contributed by atoms with Gasteiger partial charge in [0.05, 0.1) is 37.7 Å². The number of fused-ring (bicyclic) bond motifs is 3. The molecule has 11 nitrogen and oxygen atoms in total. The van der Waals surface area contributed by atoms with Crippen LogP contribution in [0.2, 0.25) is 0 Å². The van der Waals surface area contributed by atoms with Gasteiger partial charge in [-0.25, -0.2) is 22.7 Å². The van der Waals surface area contributed by atoms with E-state index in [0.717, 1.165) is 32.2 Å². The number of aliphatic hydroxyl groups is 1. The van der Waals surface area contributed by atoms with E-state index >= 15 is 0 Å². The summed E-state index contributed by atoms with van der Waals surface area (Å²) in [5.41, 5.74) is 0.799. The van der Waals surface area contributed by atoms with Crippen LogP contribution in [0, 0.1) is 17.0 Å². The number of carbonyl (C=O) groups is 1. The average molecular weight is 670 g/mol. The first-order valence-corrected chi connectivity index (χ1v) is 17.0. The van der Waals surface area contributed by atoms with Crippen molar-refractivity contribution in [2.24, 2.45) is 5.41 Å². The number of piperazine rings is 1. The van der Waals surface area contributed by atoms with E-state index in [2.05, 4.69) is 29.0 Å². The van der Waals surface area contributed by atoms with Crippen molar-refractivity contribution in [2.45, 2.75) is 78.0 Å². The van der Waals surface area contributed by atoms with E-state index in [0.29, 0.717) is 48.4 Å². The second-order valence-corrected chi connectivity index (χ2v) is 15.4. The number of ether oxygens (including phenoxy) is 1. The highest BCUT2D eigenvalue weighted by atomic mass is 19.1. The fraction of sp³-hybridized carbons (Fsp3) is 0.629. The zero-order chi connectivity index (χ0) is 34.5. The number of aromatic nitrogens is 3. The summed E-state index contributed by atoms with van der Waals surface area (Å²) in [6.45, 7) is 17.2. The Bertz CT molecular complexity index is 1740. The van der Waals surface area contributed by atoms with Crippen LogP contribution in [0.3, 0.4) is 0 Å². The first-order valence-electron chi connectivity index (χ1n) is 17.0. The number of carbonyl (C=O) groups excluding carboxylic acids is 1. The number of rotatable bonds is 9. The fourth-order valence-corrected chi connectivity index (χ4v) is 7.39. The Morgan fingerprint density at radius 3 is 2.65 bits per heavy atom. The van der Waals surface area contributed by atoms with Crippen molar-refractivity contribution in [3.8, 4) is 0 Å². The molecule has 5 heterocycles. The SMILES string of the molecule is C[C@@H]1CN(CC(=O)N2CC(C)(C)c3c2cc(Cc2ccc(F)cc2F)c2nn(CC(C)(C)CO)c(=O)n32)[C@@H](CN2CCOC[C@H]2C)CN1. The predicted octanol–water partition coefficient (Wildman–Crippen LogP) is 2.39. The number of hydrogen-bond acceptors (Lipinski definition) is 8. The molecule has 3 atom stereocenters. The highest BCUT2D eigenvalue weighted by molar-refractivity contribution is 5.98. The van der Waals surface area contributed by atoms with Gasteiger partial charge in [-0.05, 0) is 31.5 Å². The van der Waals surface area contributed by atoms with Crippen molar-refractivity contribution in [1.82, 2.24) is 29.3 Å². The maximum absolute atomic E-state index is 15.0. The normalized spacial score (nSPS) is 23.6. The van der Waals surface area contributed by atoms with Crippen molar-refractivity contribution in [3.05, 3.63) is 63.2 Å². The molecule has 0 bridgehead atoms. The van der Waals surface area contributed by atoms with Gasteiger partial charge in [0.1, 0.15) is 11.6 Å². The number of morpholine rings is 1. The van der Waals surface area contributed by atoms with Crippen molar-refractivity contribution in [1.29, 1.82) is 0 Å². The highest BCUT2D eigenvalue weighted by Gasteiger charge is 2.43. The Morgan fingerprint density at radius 1 is 1.17 bits per heavy atom. The summed E-state index contributed by atoms with van der Waals surface area (Å²) in [4.78, 5) is 34.9. The predicted molar refractivity (Wildman–Crippen MR) is 180 cm³/mol. The van der Waals surface area contributed by atoms with E-state index in [4.69, 9.17) is 9.84 Å². The standard InChI is InChI=1S/C35H49F2N7O4/c1-22-15-41(27(14-38-22)16-40-9-10-48-18-23(40)2)17-30(46)42-20-35(5,6)31-29(42)12-25(11-24-7-8-26(36)13-28(24)37)32-39-43(33(47)44(31)32)19-34(3,4)21-45/h7-8,12-13,22-23,27,38,45H,9-11,14-21H2,1-6H3/t22-,23-,27-/m1/s1. The van der Waals surface area contributed by atoms with E-state index < -0.39 is 22.5 Å². The lowest BCUT2D eigenvalue weighted by Crippen LogP contribution is -2.62. The van der Waals surface area contributed by atoms with Crippen LogP contribution in [0.15, 0.2) is 29.1 Å². The third-order valence-corrected chi connectivity index (χ3v) is 10.1. The van der Waals surface area contributed by atoms with Gasteiger partial charge in [-0.3, -0.25) is 14.6 Å². The number of anilines is 1. The minimum Gasteiger partial charge on any atom is -0.396 e. The third kappa shape index (κ3) is 6.80. The molecule has 0 spiro atoms. The van der Waals surface area contributed by atoms with Crippen molar-refractivity contribution in [2.75, 3.05) is 64.0 Å². The summed E-state index contributed by atoms with van der Waals surface area (Å²) in [5, 5.41) is 18.2. The zero-order valence-electron chi connectivity index (χ0n) is 28.9. The van der Waals surface area contributed by atoms with Crippen molar-refractivity contribution >= 4 is 17.2 Å². The van der Waals surface area contributed by atoms with Gasteiger partial charge >= 0.3 is 5.69 Å². The summed E-state index contributed by atoms with van der Waals surface area (Å²) in [6, 6.07) is 5.96. The Kier molecular flexibility index (Phi) is 9.55. The van der Waals surface area contributed by atoms with E-state index in [-0.39, 0.29) is 55.4 Å². The molecule has 3 aromatic rings. The molecule has 2 N–H and O–H groups in total. The Balaban J connectivity index is 1.39. The molecule has 3 aliphatic rings. The average Bonchev–Trinajstić information content (AvgIpc) is 3.48. The molecule has 0 aliphatic carbocycles. The Morgan fingerprint density at radius 2 is 1.94 bits per heavy atom. The van der Waals surface area contributed by atoms with Gasteiger partial charge in [-0.2, -0.15) is 0 Å². The number of nitrogens with one attached hydrogen (secondary N) is 1. The monoisotopic (exact) mass is 669 g/mol. The van der Waals surface area contributed by atoms with Crippen LogP contribution < -0.4 is 15.9 Å². The van der Waals surface area contributed by atoms with Gasteiger partial charge in [0.25, 0.3) is 0 Å². The second-order valence-electron chi connectivity index (χ2n) is 15.4. The van der Waals surface area contributed by atoms with E-state index in [1.54, 1.807) is 9.30 Å². The third-order valence-electron chi connectivity index (χ3n) is 10.1. The molecule has 262 valence electrons. The van der Waals surface area contributed by atoms with Crippen LogP contribution in [0.25, 0.3) is 5.65 Å². The molecule has 0 unspecified atom stereocenters. The van der Waals surface area contributed by atoms with Gasteiger partial charge in [-0.1, -0.05) is 33.8 Å². The van der Waals surface area contributed by atoms with Crippen molar-refractivity contribution < 1.29 is 23.4 Å². The Hall–Kier alpha value is -3.23. The zero-order valence-corrected chi connectivity index (χ0v) is 28.9. The van der Waals surface area contributed by atoms with Crippen LogP contribution in [0.1, 0.15) is 58.4 Å². The first-order chi connectivity index (χ1) is 22.7. The van der Waals surface area contributed by atoms with Crippen LogP contribution in [0.4, 0.5) is 14.5 Å². The summed E-state index contributed by atoms with van der Waals surface area (Å²) in [5.74, 6) is -1.45. The minimum absolute atomic E-state index is 0.0420. The molecule has 13 heteroatoms. The number of halogens is 2. The van der Waals surface area contributed by atoms with E-state index in [1.807, 2.05) is 33.8 Å². The van der Waals surface area contributed by atoms with Crippen LogP contribution in [-0.4, -0.2) is 112 Å². The smallest absolute Gasteiger partial charge is 0.350 e. The van der Waals surface area contributed by atoms with Gasteiger partial charge in [0, 0.05) is 86.3 Å². The lowest BCUT2D eigenvalue weighted by molar-refractivity contribution is -0.121. The van der Waals surface area contributed by atoms with Crippen LogP contribution in [-0.2, 0) is 27.9 Å². The molecular weight excluding hydrogens is 620 g/mol. The molecule has 0 radical (unpaired) electrons. The molecule has 6 rings (SSSR count). The number of benzene rings is 1. The summed E-state index contributed by atoms with van der Waals surface area (Å²) >= 11 is 0. The maximum atomic E-state index is 15.0. The largest absolute Gasteiger partial charge is 0.396 e. The summed E-state index contributed by atoms with van der Waals surface area (Å²) in [6.07, 6.45) is 0.0420. The molecular formula is C35H49F2N7O4. The highest BCUT2D eigenvalue weighted by Crippen LogP contribution is 2.42. The molecule has 2 aromatic heterocycles. The summed E-state index contributed by atoms with van der Waals surface area (Å²) < 4.78 is 37.3. The molecule has 3 aliphatic heterocycles. The molecule has 2 fully saturated rings. The molecule has 2 saturated heterocycles. The van der Waals surface area contributed by atoms with E-state index in [9.17, 15) is 23.5 Å². The fourth-order valence-electron chi connectivity index (χ4n) is 7.39. The molecule has 1 amide bonds. The topological polar surface area (TPSA) is 108 Å². The summed E-state index contributed by atoms with van der Waals surface area (Å²) in [7, 11) is 0. The number of aliphatic hydroxyl groups excluding tert-OH is 1. The van der Waals surface area contributed by atoms with Crippen LogP contribution >= 0.6 is 0 Å². The minimum atomic E-state index is -0.696. The lowest BCUT2D eigenvalue weighted by atomic mass is 9.90.